The number of ether oxygens (including phenoxy) is 1. The first-order chi connectivity index (χ1) is 14.0. The number of nitrogens with one attached hydrogen (secondary N) is 1. The van der Waals surface area contributed by atoms with Gasteiger partial charge in [-0.1, -0.05) is 13.0 Å². The SMILES string of the molecule is CCCOc1c[nH]c(Cn2c(C)nc3sc(C)c(-c4cccs4)c3c2=O)cc1=O. The predicted octanol–water partition coefficient (Wildman–Crippen LogP) is 4.33. The van der Waals surface area contributed by atoms with Gasteiger partial charge in [-0.25, -0.2) is 4.98 Å². The number of fused-ring (bicyclic) bond motifs is 1. The van der Waals surface area contributed by atoms with Crippen LogP contribution in [0.5, 0.6) is 5.75 Å². The highest BCUT2D eigenvalue weighted by Crippen LogP contribution is 2.37. The second kappa shape index (κ2) is 7.96. The highest BCUT2D eigenvalue weighted by atomic mass is 32.1. The van der Waals surface area contributed by atoms with Crippen molar-refractivity contribution in [3.8, 4) is 16.2 Å². The van der Waals surface area contributed by atoms with Crippen LogP contribution in [0.4, 0.5) is 0 Å². The van der Waals surface area contributed by atoms with Gasteiger partial charge in [0.05, 0.1) is 18.5 Å². The van der Waals surface area contributed by atoms with E-state index in [4.69, 9.17) is 4.74 Å². The summed E-state index contributed by atoms with van der Waals surface area (Å²) in [5.74, 6) is 0.912. The van der Waals surface area contributed by atoms with Crippen molar-refractivity contribution in [2.24, 2.45) is 0 Å². The molecular weight excluding hydrogens is 406 g/mol. The molecule has 4 aromatic rings. The quantitative estimate of drug-likeness (QED) is 0.497. The Morgan fingerprint density at radius 2 is 2.10 bits per heavy atom. The van der Waals surface area contributed by atoms with E-state index >= 15 is 0 Å². The van der Waals surface area contributed by atoms with Crippen LogP contribution in [0.2, 0.25) is 0 Å². The minimum atomic E-state index is -0.197. The van der Waals surface area contributed by atoms with E-state index in [1.54, 1.807) is 33.4 Å². The second-order valence-corrected chi connectivity index (χ2v) is 8.93. The Labute approximate surface area is 175 Å². The van der Waals surface area contributed by atoms with Gasteiger partial charge in [0.1, 0.15) is 10.7 Å². The van der Waals surface area contributed by atoms with E-state index in [-0.39, 0.29) is 17.5 Å². The van der Waals surface area contributed by atoms with Crippen LogP contribution in [0.15, 0.2) is 39.4 Å². The molecule has 0 saturated heterocycles. The van der Waals surface area contributed by atoms with Crippen molar-refractivity contribution < 1.29 is 4.74 Å². The van der Waals surface area contributed by atoms with Crippen molar-refractivity contribution in [3.05, 3.63) is 66.7 Å². The smallest absolute Gasteiger partial charge is 0.263 e. The zero-order chi connectivity index (χ0) is 20.5. The van der Waals surface area contributed by atoms with Crippen molar-refractivity contribution in [2.45, 2.75) is 33.7 Å². The lowest BCUT2D eigenvalue weighted by molar-refractivity contribution is 0.313. The third kappa shape index (κ3) is 3.65. The van der Waals surface area contributed by atoms with Crippen LogP contribution in [0.3, 0.4) is 0 Å². The van der Waals surface area contributed by atoms with Crippen LogP contribution in [0.25, 0.3) is 20.7 Å². The van der Waals surface area contributed by atoms with Gasteiger partial charge in [0.15, 0.2) is 5.75 Å². The Kier molecular flexibility index (Phi) is 5.38. The lowest BCUT2D eigenvalue weighted by Crippen LogP contribution is -2.25. The summed E-state index contributed by atoms with van der Waals surface area (Å²) < 4.78 is 7.05. The molecule has 8 heteroatoms. The Hall–Kier alpha value is -2.71. The molecule has 4 aromatic heterocycles. The molecule has 0 aliphatic rings. The van der Waals surface area contributed by atoms with Gasteiger partial charge in [0.2, 0.25) is 5.43 Å². The molecule has 0 aromatic carbocycles. The zero-order valence-corrected chi connectivity index (χ0v) is 18.1. The highest BCUT2D eigenvalue weighted by Gasteiger charge is 2.19. The maximum atomic E-state index is 13.4. The molecule has 0 saturated carbocycles. The van der Waals surface area contributed by atoms with Crippen molar-refractivity contribution in [1.82, 2.24) is 14.5 Å². The van der Waals surface area contributed by atoms with Gasteiger partial charge < -0.3 is 9.72 Å². The molecule has 0 atom stereocenters. The van der Waals surface area contributed by atoms with Crippen molar-refractivity contribution in [3.63, 3.8) is 0 Å². The molecule has 29 heavy (non-hydrogen) atoms. The number of hydrogen-bond acceptors (Lipinski definition) is 6. The lowest BCUT2D eigenvalue weighted by atomic mass is 10.1. The molecule has 0 amide bonds. The topological polar surface area (TPSA) is 77.0 Å². The molecule has 0 aliphatic heterocycles. The predicted molar refractivity (Wildman–Crippen MR) is 119 cm³/mol. The van der Waals surface area contributed by atoms with Crippen molar-refractivity contribution in [2.75, 3.05) is 6.61 Å². The number of aromatic nitrogens is 3. The first-order valence-corrected chi connectivity index (χ1v) is 11.1. The third-order valence-electron chi connectivity index (χ3n) is 4.67. The second-order valence-electron chi connectivity index (χ2n) is 6.78. The first kappa shape index (κ1) is 19.6. The molecular formula is C21H21N3O3S2. The molecule has 1 N–H and O–H groups in total. The average molecular weight is 428 g/mol. The standard InChI is InChI=1S/C21H21N3O3S2/c1-4-7-27-16-10-22-14(9-15(16)25)11-24-13(3)23-20-19(21(24)26)18(12(2)29-20)17-6-5-8-28-17/h5-6,8-10H,4,7,11H2,1-3H3,(H,22,25). The lowest BCUT2D eigenvalue weighted by Gasteiger charge is -2.11. The van der Waals surface area contributed by atoms with Crippen LogP contribution < -0.4 is 15.7 Å². The summed E-state index contributed by atoms with van der Waals surface area (Å²) in [7, 11) is 0. The zero-order valence-electron chi connectivity index (χ0n) is 16.4. The number of nitrogens with zero attached hydrogens (tertiary/aromatic N) is 2. The molecule has 0 bridgehead atoms. The summed E-state index contributed by atoms with van der Waals surface area (Å²) in [6.07, 6.45) is 2.39. The Morgan fingerprint density at radius 1 is 1.28 bits per heavy atom. The molecule has 4 heterocycles. The molecule has 0 fully saturated rings. The van der Waals surface area contributed by atoms with Gasteiger partial charge in [0.25, 0.3) is 5.56 Å². The molecule has 0 spiro atoms. The van der Waals surface area contributed by atoms with E-state index in [1.807, 2.05) is 38.3 Å². The maximum absolute atomic E-state index is 13.4. The van der Waals surface area contributed by atoms with E-state index in [1.165, 1.54) is 6.07 Å². The molecule has 150 valence electrons. The summed E-state index contributed by atoms with van der Waals surface area (Å²) in [5, 5.41) is 2.65. The van der Waals surface area contributed by atoms with E-state index in [9.17, 15) is 9.59 Å². The van der Waals surface area contributed by atoms with Crippen LogP contribution in [0, 0.1) is 13.8 Å². The van der Waals surface area contributed by atoms with Crippen LogP contribution in [-0.4, -0.2) is 21.1 Å². The summed E-state index contributed by atoms with van der Waals surface area (Å²) in [6, 6.07) is 5.49. The monoisotopic (exact) mass is 427 g/mol. The van der Waals surface area contributed by atoms with E-state index < -0.39 is 0 Å². The van der Waals surface area contributed by atoms with Crippen molar-refractivity contribution >= 4 is 32.9 Å². The van der Waals surface area contributed by atoms with Crippen LogP contribution >= 0.6 is 22.7 Å². The largest absolute Gasteiger partial charge is 0.488 e. The fourth-order valence-corrected chi connectivity index (χ4v) is 5.26. The van der Waals surface area contributed by atoms with E-state index in [0.29, 0.717) is 29.3 Å². The van der Waals surface area contributed by atoms with Crippen LogP contribution in [0.1, 0.15) is 29.7 Å². The van der Waals surface area contributed by atoms with E-state index in [2.05, 4.69) is 9.97 Å². The fourth-order valence-electron chi connectivity index (χ4n) is 3.29. The first-order valence-electron chi connectivity index (χ1n) is 9.38. The van der Waals surface area contributed by atoms with Gasteiger partial charge in [-0.3, -0.25) is 14.2 Å². The molecule has 0 aliphatic carbocycles. The number of aryl methyl sites for hydroxylation is 2. The minimum absolute atomic E-state index is 0.0904. The number of aromatic amines is 1. The fraction of sp³-hybridized carbons (Fsp3) is 0.286. The van der Waals surface area contributed by atoms with E-state index in [0.717, 1.165) is 26.6 Å². The highest BCUT2D eigenvalue weighted by molar-refractivity contribution is 7.20. The number of pyridine rings is 1. The van der Waals surface area contributed by atoms with Gasteiger partial charge in [0, 0.05) is 33.3 Å². The van der Waals surface area contributed by atoms with Gasteiger partial charge in [-0.2, -0.15) is 0 Å². The van der Waals surface area contributed by atoms with Gasteiger partial charge in [-0.05, 0) is 31.7 Å². The molecule has 6 nitrogen and oxygen atoms in total. The Morgan fingerprint density at radius 3 is 2.79 bits per heavy atom. The Bertz CT molecular complexity index is 1280. The molecule has 0 unspecified atom stereocenters. The normalized spacial score (nSPS) is 11.3. The third-order valence-corrected chi connectivity index (χ3v) is 6.56. The number of H-pyrrole nitrogens is 1. The number of thiophene rings is 2. The maximum Gasteiger partial charge on any atom is 0.263 e. The average Bonchev–Trinajstić information content (AvgIpc) is 3.31. The van der Waals surface area contributed by atoms with Crippen LogP contribution in [-0.2, 0) is 6.54 Å². The summed E-state index contributed by atoms with van der Waals surface area (Å²) in [5.41, 5.74) is 1.31. The van der Waals surface area contributed by atoms with Crippen molar-refractivity contribution in [1.29, 1.82) is 0 Å². The Balaban J connectivity index is 1.79. The number of hydrogen-bond donors (Lipinski definition) is 1. The molecule has 4 rings (SSSR count). The van der Waals surface area contributed by atoms with Gasteiger partial charge >= 0.3 is 0 Å². The number of rotatable bonds is 6. The summed E-state index contributed by atoms with van der Waals surface area (Å²) >= 11 is 3.15. The summed E-state index contributed by atoms with van der Waals surface area (Å²) in [6.45, 7) is 6.56. The molecule has 0 radical (unpaired) electrons. The van der Waals surface area contributed by atoms with Gasteiger partial charge in [-0.15, -0.1) is 22.7 Å². The summed E-state index contributed by atoms with van der Waals surface area (Å²) in [4.78, 5) is 36.3. The minimum Gasteiger partial charge on any atom is -0.488 e.